The van der Waals surface area contributed by atoms with E-state index in [9.17, 15) is 4.79 Å². The second kappa shape index (κ2) is 6.32. The SMILES string of the molecule is Cc1ccc2c(c1)n(-c1ccc(Br)cc1)c(=O)n2-c1ccc(Br)cc1. The fourth-order valence-electron chi connectivity index (χ4n) is 2.99. The minimum Gasteiger partial charge on any atom is -0.260 e. The molecule has 0 radical (unpaired) electrons. The second-order valence-corrected chi connectivity index (χ2v) is 7.73. The molecule has 0 amide bonds. The standard InChI is InChI=1S/C20H14Br2N2O/c1-13-2-11-18-19(12-13)24(17-9-5-15(22)6-10-17)20(25)23(18)16-7-3-14(21)4-8-16/h2-12H,1H3. The van der Waals surface area contributed by atoms with Crippen molar-refractivity contribution in [1.82, 2.24) is 9.13 Å². The molecule has 0 atom stereocenters. The summed E-state index contributed by atoms with van der Waals surface area (Å²) in [5.74, 6) is 0. The molecule has 1 aromatic heterocycles. The lowest BCUT2D eigenvalue weighted by Crippen LogP contribution is -2.22. The van der Waals surface area contributed by atoms with E-state index in [1.807, 2.05) is 73.7 Å². The molecule has 0 aliphatic heterocycles. The number of rotatable bonds is 2. The van der Waals surface area contributed by atoms with Crippen LogP contribution in [0.4, 0.5) is 0 Å². The molecule has 5 heteroatoms. The van der Waals surface area contributed by atoms with Crippen molar-refractivity contribution in [2.75, 3.05) is 0 Å². The van der Waals surface area contributed by atoms with Crippen LogP contribution in [0, 0.1) is 6.92 Å². The Labute approximate surface area is 161 Å². The summed E-state index contributed by atoms with van der Waals surface area (Å²) < 4.78 is 5.48. The largest absolute Gasteiger partial charge is 0.338 e. The summed E-state index contributed by atoms with van der Waals surface area (Å²) in [4.78, 5) is 13.3. The van der Waals surface area contributed by atoms with Gasteiger partial charge in [-0.3, -0.25) is 9.13 Å². The van der Waals surface area contributed by atoms with Crippen molar-refractivity contribution in [1.29, 1.82) is 0 Å². The normalized spacial score (nSPS) is 11.2. The van der Waals surface area contributed by atoms with Gasteiger partial charge in [0.25, 0.3) is 0 Å². The van der Waals surface area contributed by atoms with Crippen LogP contribution >= 0.6 is 31.9 Å². The molecule has 4 rings (SSSR count). The number of halogens is 2. The lowest BCUT2D eigenvalue weighted by molar-refractivity contribution is 0.930. The maximum absolute atomic E-state index is 13.3. The van der Waals surface area contributed by atoms with Crippen LogP contribution in [0.1, 0.15) is 5.56 Å². The molecule has 0 saturated carbocycles. The molecule has 3 aromatic carbocycles. The number of nitrogens with zero attached hydrogens (tertiary/aromatic N) is 2. The molecular weight excluding hydrogens is 444 g/mol. The molecule has 0 spiro atoms. The number of aryl methyl sites for hydroxylation is 1. The molecule has 4 aromatic rings. The van der Waals surface area contributed by atoms with E-state index in [2.05, 4.69) is 31.9 Å². The van der Waals surface area contributed by atoms with E-state index in [0.717, 1.165) is 36.9 Å². The Kier molecular flexibility index (Phi) is 4.13. The Morgan fingerprint density at radius 1 is 0.680 bits per heavy atom. The van der Waals surface area contributed by atoms with Crippen molar-refractivity contribution in [2.24, 2.45) is 0 Å². The summed E-state index contributed by atoms with van der Waals surface area (Å²) in [5.41, 5.74) is 4.52. The predicted octanol–water partition coefficient (Wildman–Crippen LogP) is 5.61. The van der Waals surface area contributed by atoms with Crippen LogP contribution in [0.25, 0.3) is 22.4 Å². The zero-order valence-corrected chi connectivity index (χ0v) is 16.6. The van der Waals surface area contributed by atoms with E-state index in [1.54, 1.807) is 9.13 Å². The average Bonchev–Trinajstić information content (AvgIpc) is 2.88. The summed E-state index contributed by atoms with van der Waals surface area (Å²) in [6.07, 6.45) is 0. The van der Waals surface area contributed by atoms with Gasteiger partial charge in [-0.15, -0.1) is 0 Å². The van der Waals surface area contributed by atoms with Crippen LogP contribution in [-0.4, -0.2) is 9.13 Å². The van der Waals surface area contributed by atoms with Crippen LogP contribution in [-0.2, 0) is 0 Å². The maximum atomic E-state index is 13.3. The van der Waals surface area contributed by atoms with Crippen molar-refractivity contribution in [3.05, 3.63) is 91.7 Å². The summed E-state index contributed by atoms with van der Waals surface area (Å²) in [7, 11) is 0. The average molecular weight is 458 g/mol. The van der Waals surface area contributed by atoms with E-state index in [4.69, 9.17) is 0 Å². The molecule has 0 aliphatic carbocycles. The van der Waals surface area contributed by atoms with E-state index < -0.39 is 0 Å². The predicted molar refractivity (Wildman–Crippen MR) is 109 cm³/mol. The summed E-state index contributed by atoms with van der Waals surface area (Å²) in [5, 5.41) is 0. The Morgan fingerprint density at radius 2 is 1.16 bits per heavy atom. The Hall–Kier alpha value is -2.11. The third kappa shape index (κ3) is 2.87. The molecule has 0 saturated heterocycles. The fraction of sp³-hybridized carbons (Fsp3) is 0.0500. The second-order valence-electron chi connectivity index (χ2n) is 5.90. The number of benzene rings is 3. The van der Waals surface area contributed by atoms with Crippen LogP contribution in [0.5, 0.6) is 0 Å². The van der Waals surface area contributed by atoms with Crippen molar-refractivity contribution in [2.45, 2.75) is 6.92 Å². The van der Waals surface area contributed by atoms with Gasteiger partial charge in [-0.1, -0.05) is 37.9 Å². The highest BCUT2D eigenvalue weighted by Crippen LogP contribution is 2.24. The van der Waals surface area contributed by atoms with Gasteiger partial charge in [-0.25, -0.2) is 4.79 Å². The minimum atomic E-state index is -0.0785. The zero-order valence-electron chi connectivity index (χ0n) is 13.4. The zero-order chi connectivity index (χ0) is 17.6. The van der Waals surface area contributed by atoms with Crippen LogP contribution < -0.4 is 5.69 Å². The van der Waals surface area contributed by atoms with E-state index in [1.165, 1.54) is 0 Å². The molecule has 124 valence electrons. The Bertz CT molecular complexity index is 1120. The number of fused-ring (bicyclic) bond motifs is 1. The molecule has 3 nitrogen and oxygen atoms in total. The molecule has 0 aliphatic rings. The summed E-state index contributed by atoms with van der Waals surface area (Å²) in [6.45, 7) is 2.03. The van der Waals surface area contributed by atoms with Gasteiger partial charge in [0.2, 0.25) is 0 Å². The van der Waals surface area contributed by atoms with Crippen LogP contribution in [0.3, 0.4) is 0 Å². The van der Waals surface area contributed by atoms with Gasteiger partial charge in [0.05, 0.1) is 22.4 Å². The number of hydrogen-bond donors (Lipinski definition) is 0. The Morgan fingerprint density at radius 3 is 1.68 bits per heavy atom. The monoisotopic (exact) mass is 456 g/mol. The van der Waals surface area contributed by atoms with E-state index in [-0.39, 0.29) is 5.69 Å². The third-order valence-corrected chi connectivity index (χ3v) is 5.22. The molecule has 0 N–H and O–H groups in total. The first-order valence-corrected chi connectivity index (χ1v) is 9.39. The highest BCUT2D eigenvalue weighted by atomic mass is 79.9. The quantitative estimate of drug-likeness (QED) is 0.384. The molecule has 1 heterocycles. The van der Waals surface area contributed by atoms with Crippen molar-refractivity contribution >= 4 is 42.9 Å². The lowest BCUT2D eigenvalue weighted by Gasteiger charge is -2.04. The van der Waals surface area contributed by atoms with Gasteiger partial charge < -0.3 is 0 Å². The van der Waals surface area contributed by atoms with Gasteiger partial charge in [-0.05, 0) is 73.2 Å². The highest BCUT2D eigenvalue weighted by molar-refractivity contribution is 9.10. The summed E-state index contributed by atoms with van der Waals surface area (Å²) in [6, 6.07) is 21.6. The van der Waals surface area contributed by atoms with Crippen molar-refractivity contribution in [3.8, 4) is 11.4 Å². The molecule has 25 heavy (non-hydrogen) atoms. The first-order chi connectivity index (χ1) is 12.0. The third-order valence-electron chi connectivity index (χ3n) is 4.16. The fourth-order valence-corrected chi connectivity index (χ4v) is 3.52. The van der Waals surface area contributed by atoms with E-state index in [0.29, 0.717) is 0 Å². The van der Waals surface area contributed by atoms with Crippen molar-refractivity contribution < 1.29 is 0 Å². The Balaban J connectivity index is 2.08. The van der Waals surface area contributed by atoms with Crippen LogP contribution in [0.15, 0.2) is 80.5 Å². The minimum absolute atomic E-state index is 0.0785. The van der Waals surface area contributed by atoms with Gasteiger partial charge in [0.15, 0.2) is 0 Å². The first-order valence-electron chi connectivity index (χ1n) is 7.80. The lowest BCUT2D eigenvalue weighted by atomic mass is 10.2. The van der Waals surface area contributed by atoms with E-state index >= 15 is 0 Å². The molecule has 0 fully saturated rings. The van der Waals surface area contributed by atoms with Gasteiger partial charge in [0, 0.05) is 8.95 Å². The topological polar surface area (TPSA) is 26.9 Å². The number of hydrogen-bond acceptors (Lipinski definition) is 1. The maximum Gasteiger partial charge on any atom is 0.338 e. The number of aromatic nitrogens is 2. The smallest absolute Gasteiger partial charge is 0.260 e. The van der Waals surface area contributed by atoms with Crippen LogP contribution in [0.2, 0.25) is 0 Å². The number of imidazole rings is 1. The highest BCUT2D eigenvalue weighted by Gasteiger charge is 2.16. The van der Waals surface area contributed by atoms with Gasteiger partial charge in [0.1, 0.15) is 0 Å². The van der Waals surface area contributed by atoms with Gasteiger partial charge >= 0.3 is 5.69 Å². The molecule has 0 bridgehead atoms. The van der Waals surface area contributed by atoms with Gasteiger partial charge in [-0.2, -0.15) is 0 Å². The summed E-state index contributed by atoms with van der Waals surface area (Å²) >= 11 is 6.90. The molecular formula is C20H14Br2N2O. The van der Waals surface area contributed by atoms with Crippen molar-refractivity contribution in [3.63, 3.8) is 0 Å². The molecule has 0 unspecified atom stereocenters. The first kappa shape index (κ1) is 16.4.